The van der Waals surface area contributed by atoms with Gasteiger partial charge in [0.05, 0.1) is 30.3 Å². The van der Waals surface area contributed by atoms with Crippen LogP contribution in [-0.2, 0) is 6.18 Å². The fraction of sp³-hybridized carbons (Fsp3) is 0.150. The lowest BCUT2D eigenvalue weighted by atomic mass is 10.1. The second kappa shape index (κ2) is 8.36. The molecule has 1 N–H and O–H groups in total. The van der Waals surface area contributed by atoms with E-state index in [9.17, 15) is 18.0 Å². The molecule has 0 saturated carbocycles. The van der Waals surface area contributed by atoms with Crippen LogP contribution in [0, 0.1) is 10.5 Å². The quantitative estimate of drug-likeness (QED) is 0.479. The summed E-state index contributed by atoms with van der Waals surface area (Å²) in [5.41, 5.74) is 1.02. The van der Waals surface area contributed by atoms with Crippen molar-refractivity contribution < 1.29 is 22.7 Å². The molecule has 0 aliphatic carbocycles. The molecule has 0 unspecified atom stereocenters. The molecule has 0 saturated heterocycles. The maximum absolute atomic E-state index is 12.8. The highest BCUT2D eigenvalue weighted by molar-refractivity contribution is 14.1. The summed E-state index contributed by atoms with van der Waals surface area (Å²) in [4.78, 5) is 20.4. The molecular formula is C20H15F3IN3O2. The Morgan fingerprint density at radius 2 is 1.90 bits per heavy atom. The number of pyridine rings is 2. The molecule has 0 bridgehead atoms. The minimum absolute atomic E-state index is 0.000110. The van der Waals surface area contributed by atoms with Crippen LogP contribution in [0.1, 0.15) is 21.7 Å². The lowest BCUT2D eigenvalue weighted by Gasteiger charge is -2.12. The van der Waals surface area contributed by atoms with E-state index in [1.54, 1.807) is 37.6 Å². The van der Waals surface area contributed by atoms with Crippen LogP contribution in [0.2, 0.25) is 0 Å². The van der Waals surface area contributed by atoms with E-state index < -0.39 is 17.8 Å². The zero-order chi connectivity index (χ0) is 21.2. The van der Waals surface area contributed by atoms with Crippen molar-refractivity contribution in [3.05, 3.63) is 69.2 Å². The lowest BCUT2D eigenvalue weighted by molar-refractivity contribution is -0.141. The van der Waals surface area contributed by atoms with E-state index in [-0.39, 0.29) is 11.3 Å². The second-order valence-electron chi connectivity index (χ2n) is 6.06. The number of alkyl halides is 3. The van der Waals surface area contributed by atoms with E-state index in [2.05, 4.69) is 37.9 Å². The zero-order valence-electron chi connectivity index (χ0n) is 15.3. The molecule has 1 aromatic carbocycles. The summed E-state index contributed by atoms with van der Waals surface area (Å²) >= 11 is 2.16. The third-order valence-electron chi connectivity index (χ3n) is 4.09. The largest absolute Gasteiger partial charge is 0.495 e. The summed E-state index contributed by atoms with van der Waals surface area (Å²) in [6.45, 7) is 1.37. The van der Waals surface area contributed by atoms with E-state index in [0.29, 0.717) is 17.1 Å². The fourth-order valence-corrected chi connectivity index (χ4v) is 3.23. The molecule has 2 aromatic heterocycles. The van der Waals surface area contributed by atoms with Crippen molar-refractivity contribution in [2.75, 3.05) is 12.4 Å². The number of nitrogens with one attached hydrogen (secondary N) is 1. The second-order valence-corrected chi connectivity index (χ2v) is 7.22. The first kappa shape index (κ1) is 21.0. The highest BCUT2D eigenvalue weighted by atomic mass is 127. The molecule has 0 spiro atoms. The number of amides is 1. The fourth-order valence-electron chi connectivity index (χ4n) is 2.62. The van der Waals surface area contributed by atoms with Crippen LogP contribution in [-0.4, -0.2) is 23.0 Å². The Morgan fingerprint density at radius 1 is 1.14 bits per heavy atom. The van der Waals surface area contributed by atoms with E-state index in [4.69, 9.17) is 4.74 Å². The number of carbonyl (C=O) groups is 1. The molecule has 1 amide bonds. The summed E-state index contributed by atoms with van der Waals surface area (Å²) in [5.74, 6) is 0.0806. The van der Waals surface area contributed by atoms with E-state index >= 15 is 0 Å². The Hall–Kier alpha value is -2.69. The number of halogens is 4. The zero-order valence-corrected chi connectivity index (χ0v) is 17.5. The average Bonchev–Trinajstić information content (AvgIpc) is 2.68. The smallest absolute Gasteiger partial charge is 0.433 e. The summed E-state index contributed by atoms with van der Waals surface area (Å²) in [7, 11) is 1.55. The first-order valence-electron chi connectivity index (χ1n) is 8.35. The van der Waals surface area contributed by atoms with Crippen molar-refractivity contribution in [1.82, 2.24) is 9.97 Å². The van der Waals surface area contributed by atoms with Gasteiger partial charge in [0.1, 0.15) is 11.4 Å². The van der Waals surface area contributed by atoms with Gasteiger partial charge in [-0.2, -0.15) is 13.2 Å². The van der Waals surface area contributed by atoms with Crippen LogP contribution in [0.15, 0.2) is 48.7 Å². The standard InChI is InChI=1S/C20H15F3IN3O2/c1-11-14(5-8-18(26-11)20(21,22)23)19(28)27-12-3-6-16(24)15(9-12)17-7-4-13(29-2)10-25-17/h3-10H,1-2H3,(H,27,28). The van der Waals surface area contributed by atoms with Crippen LogP contribution < -0.4 is 10.1 Å². The molecule has 29 heavy (non-hydrogen) atoms. The Kier molecular flexibility index (Phi) is 6.06. The van der Waals surface area contributed by atoms with Gasteiger partial charge in [0, 0.05) is 14.8 Å². The number of rotatable bonds is 4. The maximum atomic E-state index is 12.8. The van der Waals surface area contributed by atoms with Crippen molar-refractivity contribution in [2.24, 2.45) is 0 Å². The van der Waals surface area contributed by atoms with Gasteiger partial charge in [-0.3, -0.25) is 9.78 Å². The monoisotopic (exact) mass is 513 g/mol. The summed E-state index contributed by atoms with van der Waals surface area (Å²) in [6.07, 6.45) is -2.97. The Morgan fingerprint density at radius 3 is 2.48 bits per heavy atom. The Bertz CT molecular complexity index is 1050. The van der Waals surface area contributed by atoms with Crippen LogP contribution in [0.3, 0.4) is 0 Å². The van der Waals surface area contributed by atoms with Crippen LogP contribution >= 0.6 is 22.6 Å². The molecule has 150 valence electrons. The number of anilines is 1. The van der Waals surface area contributed by atoms with Gasteiger partial charge in [0.25, 0.3) is 5.91 Å². The van der Waals surface area contributed by atoms with Crippen LogP contribution in [0.25, 0.3) is 11.3 Å². The van der Waals surface area contributed by atoms with E-state index in [0.717, 1.165) is 21.3 Å². The molecule has 3 aromatic rings. The number of aromatic nitrogens is 2. The molecule has 0 aliphatic heterocycles. The molecule has 2 heterocycles. The molecule has 0 fully saturated rings. The van der Waals surface area contributed by atoms with E-state index in [1.807, 2.05) is 6.07 Å². The van der Waals surface area contributed by atoms with Gasteiger partial charge in [-0.25, -0.2) is 4.98 Å². The minimum atomic E-state index is -4.56. The van der Waals surface area contributed by atoms with Crippen molar-refractivity contribution in [3.63, 3.8) is 0 Å². The molecule has 5 nitrogen and oxygen atoms in total. The summed E-state index contributed by atoms with van der Waals surface area (Å²) in [6, 6.07) is 10.8. The van der Waals surface area contributed by atoms with Gasteiger partial charge in [0.2, 0.25) is 0 Å². The number of ether oxygens (including phenoxy) is 1. The Labute approximate surface area is 178 Å². The van der Waals surface area contributed by atoms with Crippen molar-refractivity contribution in [3.8, 4) is 17.0 Å². The number of aryl methyl sites for hydroxylation is 1. The predicted octanol–water partition coefficient (Wildman–Crippen LogP) is 5.34. The Balaban J connectivity index is 1.86. The van der Waals surface area contributed by atoms with Gasteiger partial charge in [-0.05, 0) is 72.0 Å². The first-order valence-corrected chi connectivity index (χ1v) is 9.43. The molecule has 9 heteroatoms. The van der Waals surface area contributed by atoms with Crippen molar-refractivity contribution in [2.45, 2.75) is 13.1 Å². The SMILES string of the molecule is COc1ccc(-c2cc(NC(=O)c3ccc(C(F)(F)F)nc3C)ccc2I)nc1. The molecule has 0 aliphatic rings. The summed E-state index contributed by atoms with van der Waals surface area (Å²) < 4.78 is 44.3. The highest BCUT2D eigenvalue weighted by Gasteiger charge is 2.33. The highest BCUT2D eigenvalue weighted by Crippen LogP contribution is 2.30. The van der Waals surface area contributed by atoms with Gasteiger partial charge in [0.15, 0.2) is 0 Å². The summed E-state index contributed by atoms with van der Waals surface area (Å²) in [5, 5.41) is 2.70. The molecule has 3 rings (SSSR count). The topological polar surface area (TPSA) is 64.1 Å². The van der Waals surface area contributed by atoms with Crippen LogP contribution in [0.5, 0.6) is 5.75 Å². The van der Waals surface area contributed by atoms with Gasteiger partial charge >= 0.3 is 6.18 Å². The first-order chi connectivity index (χ1) is 13.7. The minimum Gasteiger partial charge on any atom is -0.495 e. The molecule has 0 radical (unpaired) electrons. The predicted molar refractivity (Wildman–Crippen MR) is 111 cm³/mol. The normalized spacial score (nSPS) is 11.2. The number of hydrogen-bond donors (Lipinski definition) is 1. The number of methoxy groups -OCH3 is 1. The third kappa shape index (κ3) is 4.84. The average molecular weight is 513 g/mol. The van der Waals surface area contributed by atoms with Gasteiger partial charge < -0.3 is 10.1 Å². The maximum Gasteiger partial charge on any atom is 0.433 e. The molecule has 0 atom stereocenters. The van der Waals surface area contributed by atoms with Gasteiger partial charge in [-0.1, -0.05) is 0 Å². The van der Waals surface area contributed by atoms with Crippen molar-refractivity contribution >= 4 is 34.2 Å². The lowest BCUT2D eigenvalue weighted by Crippen LogP contribution is -2.16. The van der Waals surface area contributed by atoms with Crippen molar-refractivity contribution in [1.29, 1.82) is 0 Å². The number of carbonyl (C=O) groups excluding carboxylic acids is 1. The third-order valence-corrected chi connectivity index (χ3v) is 5.03. The molecular weight excluding hydrogens is 498 g/mol. The number of hydrogen-bond acceptors (Lipinski definition) is 4. The van der Waals surface area contributed by atoms with Gasteiger partial charge in [-0.15, -0.1) is 0 Å². The number of benzene rings is 1. The number of nitrogens with zero attached hydrogens (tertiary/aromatic N) is 2. The van der Waals surface area contributed by atoms with E-state index in [1.165, 1.54) is 6.92 Å². The van der Waals surface area contributed by atoms with Crippen LogP contribution in [0.4, 0.5) is 18.9 Å².